The van der Waals surface area contributed by atoms with E-state index in [2.05, 4.69) is 15.1 Å². The molecule has 0 saturated carbocycles. The van der Waals surface area contributed by atoms with Crippen molar-refractivity contribution in [2.45, 2.75) is 6.92 Å². The number of hydrogen-bond acceptors (Lipinski definition) is 6. The maximum absolute atomic E-state index is 9.42. The predicted octanol–water partition coefficient (Wildman–Crippen LogP) is 2.87. The maximum Gasteiger partial charge on any atom is 0.270 e. The Morgan fingerprint density at radius 3 is 2.94 bits per heavy atom. The van der Waals surface area contributed by atoms with Crippen molar-refractivity contribution in [3.8, 4) is 27.9 Å². The molecule has 2 heterocycles. The number of nitrogens with zero attached hydrogens (tertiary/aromatic N) is 3. The van der Waals surface area contributed by atoms with Crippen LogP contribution in [0.3, 0.4) is 0 Å². The Kier molecular flexibility index (Phi) is 2.56. The summed E-state index contributed by atoms with van der Waals surface area (Å²) in [5.41, 5.74) is 3.32. The van der Waals surface area contributed by atoms with E-state index in [1.165, 1.54) is 11.3 Å². The highest BCUT2D eigenvalue weighted by Gasteiger charge is 2.14. The lowest BCUT2D eigenvalue weighted by Gasteiger charge is -1.94. The summed E-state index contributed by atoms with van der Waals surface area (Å²) in [7, 11) is 0. The number of aryl methyl sites for hydroxylation is 1. The van der Waals surface area contributed by atoms with Crippen molar-refractivity contribution < 1.29 is 9.63 Å². The van der Waals surface area contributed by atoms with Crippen LogP contribution >= 0.6 is 11.3 Å². The molecular weight excluding hydrogens is 250 g/mol. The minimum Gasteiger partial charge on any atom is -0.508 e. The number of hydrogen-bond donors (Lipinski definition) is 1. The molecule has 1 N–H and O–H groups in total. The van der Waals surface area contributed by atoms with E-state index >= 15 is 0 Å². The zero-order valence-corrected chi connectivity index (χ0v) is 10.3. The summed E-state index contributed by atoms with van der Waals surface area (Å²) in [5.74, 6) is 1.08. The number of phenols is 1. The van der Waals surface area contributed by atoms with Crippen LogP contribution in [0.2, 0.25) is 0 Å². The lowest BCUT2D eigenvalue weighted by atomic mass is 10.2. The standard InChI is InChI=1S/C12H9N3O2S/c1-7-10(18-6-13-7)12-14-11(15-17-12)8-3-2-4-9(16)5-8/h2-6,16H,1H3. The summed E-state index contributed by atoms with van der Waals surface area (Å²) < 4.78 is 5.21. The number of aromatic hydroxyl groups is 1. The molecule has 0 atom stereocenters. The topological polar surface area (TPSA) is 72.0 Å². The summed E-state index contributed by atoms with van der Waals surface area (Å²) in [6.45, 7) is 1.89. The van der Waals surface area contributed by atoms with E-state index in [4.69, 9.17) is 4.52 Å². The van der Waals surface area contributed by atoms with Crippen LogP contribution in [-0.2, 0) is 0 Å². The zero-order chi connectivity index (χ0) is 12.5. The molecule has 0 aliphatic rings. The Balaban J connectivity index is 2.02. The minimum atomic E-state index is 0.174. The van der Waals surface area contributed by atoms with Gasteiger partial charge in [-0.2, -0.15) is 4.98 Å². The molecule has 0 unspecified atom stereocenters. The molecule has 6 heteroatoms. The highest BCUT2D eigenvalue weighted by molar-refractivity contribution is 7.13. The van der Waals surface area contributed by atoms with Crippen molar-refractivity contribution in [1.29, 1.82) is 0 Å². The van der Waals surface area contributed by atoms with Crippen molar-refractivity contribution in [3.63, 3.8) is 0 Å². The van der Waals surface area contributed by atoms with E-state index < -0.39 is 0 Å². The number of benzene rings is 1. The van der Waals surface area contributed by atoms with Crippen LogP contribution in [0.1, 0.15) is 5.69 Å². The summed E-state index contributed by atoms with van der Waals surface area (Å²) in [4.78, 5) is 9.32. The van der Waals surface area contributed by atoms with Crippen LogP contribution < -0.4 is 0 Å². The maximum atomic E-state index is 9.42. The molecule has 0 radical (unpaired) electrons. The second kappa shape index (κ2) is 4.23. The third-order valence-electron chi connectivity index (χ3n) is 2.47. The molecule has 5 nitrogen and oxygen atoms in total. The molecule has 3 aromatic rings. The monoisotopic (exact) mass is 259 g/mol. The van der Waals surface area contributed by atoms with E-state index in [1.54, 1.807) is 23.7 Å². The number of phenolic OH excluding ortho intramolecular Hbond substituents is 1. The molecule has 0 aliphatic heterocycles. The molecule has 0 amide bonds. The average molecular weight is 259 g/mol. The van der Waals surface area contributed by atoms with Crippen LogP contribution in [0.15, 0.2) is 34.3 Å². The molecule has 3 rings (SSSR count). The van der Waals surface area contributed by atoms with Crippen LogP contribution in [0, 0.1) is 6.92 Å². The van der Waals surface area contributed by atoms with Crippen LogP contribution in [0.5, 0.6) is 5.75 Å². The highest BCUT2D eigenvalue weighted by Crippen LogP contribution is 2.28. The van der Waals surface area contributed by atoms with Crippen molar-refractivity contribution >= 4 is 11.3 Å². The van der Waals surface area contributed by atoms with E-state index in [-0.39, 0.29) is 5.75 Å². The van der Waals surface area contributed by atoms with Gasteiger partial charge in [-0.1, -0.05) is 17.3 Å². The second-order valence-electron chi connectivity index (χ2n) is 3.74. The van der Waals surface area contributed by atoms with Gasteiger partial charge in [-0.3, -0.25) is 0 Å². The normalized spacial score (nSPS) is 10.7. The molecule has 0 saturated heterocycles. The van der Waals surface area contributed by atoms with Gasteiger partial charge in [0.2, 0.25) is 5.82 Å². The average Bonchev–Trinajstić information content (AvgIpc) is 2.97. The van der Waals surface area contributed by atoms with Gasteiger partial charge in [0.15, 0.2) is 0 Å². The van der Waals surface area contributed by atoms with Gasteiger partial charge in [0, 0.05) is 5.56 Å². The summed E-state index contributed by atoms with van der Waals surface area (Å²) in [5, 5.41) is 13.3. The lowest BCUT2D eigenvalue weighted by Crippen LogP contribution is -1.81. The third-order valence-corrected chi connectivity index (χ3v) is 3.39. The summed E-state index contributed by atoms with van der Waals surface area (Å²) in [6, 6.07) is 6.73. The van der Waals surface area contributed by atoms with E-state index in [0.717, 1.165) is 10.6 Å². The van der Waals surface area contributed by atoms with Gasteiger partial charge in [0.25, 0.3) is 5.89 Å². The van der Waals surface area contributed by atoms with Gasteiger partial charge < -0.3 is 9.63 Å². The largest absolute Gasteiger partial charge is 0.508 e. The first-order chi connectivity index (χ1) is 8.74. The van der Waals surface area contributed by atoms with Crippen LogP contribution in [0.4, 0.5) is 0 Å². The van der Waals surface area contributed by atoms with Crippen LogP contribution in [0.25, 0.3) is 22.2 Å². The molecule has 1 aromatic carbocycles. The molecule has 18 heavy (non-hydrogen) atoms. The van der Waals surface area contributed by atoms with E-state index in [9.17, 15) is 5.11 Å². The Hall–Kier alpha value is -2.21. The SMILES string of the molecule is Cc1ncsc1-c1nc(-c2cccc(O)c2)no1. The minimum absolute atomic E-state index is 0.174. The first-order valence-corrected chi connectivity index (χ1v) is 6.15. The first-order valence-electron chi connectivity index (χ1n) is 5.27. The predicted molar refractivity (Wildman–Crippen MR) is 67.2 cm³/mol. The zero-order valence-electron chi connectivity index (χ0n) is 9.49. The Morgan fingerprint density at radius 1 is 1.33 bits per heavy atom. The third kappa shape index (κ3) is 1.86. The second-order valence-corrected chi connectivity index (χ2v) is 4.60. The molecule has 0 aliphatic carbocycles. The Bertz CT molecular complexity index is 690. The van der Waals surface area contributed by atoms with Crippen LogP contribution in [-0.4, -0.2) is 20.2 Å². The molecule has 2 aromatic heterocycles. The smallest absolute Gasteiger partial charge is 0.270 e. The van der Waals surface area contributed by atoms with Gasteiger partial charge in [0.1, 0.15) is 10.6 Å². The fraction of sp³-hybridized carbons (Fsp3) is 0.0833. The van der Waals surface area contributed by atoms with Gasteiger partial charge in [-0.05, 0) is 19.1 Å². The molecular formula is C12H9N3O2S. The van der Waals surface area contributed by atoms with Gasteiger partial charge in [0.05, 0.1) is 11.2 Å². The van der Waals surface area contributed by atoms with Crippen molar-refractivity contribution in [1.82, 2.24) is 15.1 Å². The number of aromatic nitrogens is 3. The van der Waals surface area contributed by atoms with E-state index in [0.29, 0.717) is 17.3 Å². The van der Waals surface area contributed by atoms with Gasteiger partial charge >= 0.3 is 0 Å². The molecule has 0 spiro atoms. The first kappa shape index (κ1) is 10.9. The van der Waals surface area contributed by atoms with E-state index in [1.807, 2.05) is 13.0 Å². The molecule has 0 bridgehead atoms. The summed E-state index contributed by atoms with van der Waals surface area (Å²) >= 11 is 1.46. The fourth-order valence-corrected chi connectivity index (χ4v) is 2.31. The van der Waals surface area contributed by atoms with Crippen molar-refractivity contribution in [2.24, 2.45) is 0 Å². The molecule has 90 valence electrons. The quantitative estimate of drug-likeness (QED) is 0.766. The highest BCUT2D eigenvalue weighted by atomic mass is 32.1. The fourth-order valence-electron chi connectivity index (χ4n) is 1.59. The Labute approximate surface area is 107 Å². The number of thiazole rings is 1. The van der Waals surface area contributed by atoms with Crippen molar-refractivity contribution in [2.75, 3.05) is 0 Å². The summed E-state index contributed by atoms with van der Waals surface area (Å²) in [6.07, 6.45) is 0. The van der Waals surface area contributed by atoms with Gasteiger partial charge in [-0.15, -0.1) is 11.3 Å². The number of rotatable bonds is 2. The Morgan fingerprint density at radius 2 is 2.22 bits per heavy atom. The van der Waals surface area contributed by atoms with Gasteiger partial charge in [-0.25, -0.2) is 4.98 Å². The molecule has 0 fully saturated rings. The van der Waals surface area contributed by atoms with Crippen molar-refractivity contribution in [3.05, 3.63) is 35.5 Å². The lowest BCUT2D eigenvalue weighted by molar-refractivity contribution is 0.433.